The molecule has 8 nitrogen and oxygen atoms in total. The Morgan fingerprint density at radius 3 is 2.77 bits per heavy atom. The Morgan fingerprint density at radius 2 is 2.09 bits per heavy atom. The molecule has 0 amide bonds. The monoisotopic (exact) mass is 295 g/mol. The van der Waals surface area contributed by atoms with E-state index >= 15 is 0 Å². The van der Waals surface area contributed by atoms with E-state index < -0.39 is 0 Å². The van der Waals surface area contributed by atoms with Crippen molar-refractivity contribution in [1.82, 2.24) is 35.3 Å². The Labute approximate surface area is 125 Å². The Balaban J connectivity index is 2.10. The molecule has 0 saturated carbocycles. The van der Waals surface area contributed by atoms with Crippen molar-refractivity contribution in [3.8, 4) is 22.6 Å². The van der Waals surface area contributed by atoms with Crippen molar-refractivity contribution in [2.24, 2.45) is 7.05 Å². The summed E-state index contributed by atoms with van der Waals surface area (Å²) in [7, 11) is 1.89. The van der Waals surface area contributed by atoms with Crippen LogP contribution in [0.4, 0.5) is 0 Å². The maximum absolute atomic E-state index is 4.86. The number of aryl methyl sites for hydroxylation is 3. The average Bonchev–Trinajstić information content (AvgIpc) is 3.21. The first-order valence-electron chi connectivity index (χ1n) is 6.79. The van der Waals surface area contributed by atoms with Gasteiger partial charge >= 0.3 is 0 Å². The molecule has 0 fully saturated rings. The molecule has 0 atom stereocenters. The molecular formula is C14H13N7O. The first kappa shape index (κ1) is 12.7. The van der Waals surface area contributed by atoms with Crippen molar-refractivity contribution in [3.63, 3.8) is 0 Å². The van der Waals surface area contributed by atoms with Crippen LogP contribution in [0.1, 0.15) is 11.4 Å². The predicted octanol–water partition coefficient (Wildman–Crippen LogP) is 2.03. The van der Waals surface area contributed by atoms with Gasteiger partial charge in [0.1, 0.15) is 11.4 Å². The number of fused-ring (bicyclic) bond motifs is 1. The normalized spacial score (nSPS) is 11.4. The highest BCUT2D eigenvalue weighted by molar-refractivity contribution is 5.96. The third-order valence-corrected chi connectivity index (χ3v) is 3.78. The van der Waals surface area contributed by atoms with E-state index in [-0.39, 0.29) is 0 Å². The topological polar surface area (TPSA) is 98.3 Å². The van der Waals surface area contributed by atoms with Crippen molar-refractivity contribution in [2.45, 2.75) is 13.8 Å². The maximum atomic E-state index is 4.86. The minimum absolute atomic E-state index is 0.657. The summed E-state index contributed by atoms with van der Waals surface area (Å²) in [5, 5.41) is 20.2. The average molecular weight is 295 g/mol. The summed E-state index contributed by atoms with van der Waals surface area (Å²) < 4.78 is 6.66. The first-order chi connectivity index (χ1) is 10.6. The van der Waals surface area contributed by atoms with Gasteiger partial charge in [-0.2, -0.15) is 10.2 Å². The molecule has 1 N–H and O–H groups in total. The van der Waals surface area contributed by atoms with Crippen LogP contribution in [0.2, 0.25) is 0 Å². The molecule has 0 aliphatic rings. The summed E-state index contributed by atoms with van der Waals surface area (Å²) in [4.78, 5) is 4.62. The van der Waals surface area contributed by atoms with Gasteiger partial charge in [0.2, 0.25) is 0 Å². The number of H-pyrrole nitrogens is 1. The van der Waals surface area contributed by atoms with Crippen LogP contribution >= 0.6 is 0 Å². The molecule has 22 heavy (non-hydrogen) atoms. The van der Waals surface area contributed by atoms with Crippen LogP contribution in [-0.4, -0.2) is 35.3 Å². The van der Waals surface area contributed by atoms with Gasteiger partial charge in [0.25, 0.3) is 0 Å². The quantitative estimate of drug-likeness (QED) is 0.607. The zero-order valence-electron chi connectivity index (χ0n) is 12.3. The van der Waals surface area contributed by atoms with Gasteiger partial charge in [0.05, 0.1) is 16.8 Å². The molecule has 4 aromatic rings. The summed E-state index contributed by atoms with van der Waals surface area (Å²) >= 11 is 0. The molecule has 0 radical (unpaired) electrons. The molecule has 0 aliphatic heterocycles. The number of hydrogen-bond acceptors (Lipinski definition) is 6. The molecule has 4 heterocycles. The van der Waals surface area contributed by atoms with Crippen molar-refractivity contribution >= 4 is 11.0 Å². The van der Waals surface area contributed by atoms with Crippen LogP contribution in [0.3, 0.4) is 0 Å². The predicted molar refractivity (Wildman–Crippen MR) is 78.9 cm³/mol. The maximum Gasteiger partial charge on any atom is 0.182 e. The van der Waals surface area contributed by atoms with Crippen LogP contribution < -0.4 is 0 Å². The second-order valence-electron chi connectivity index (χ2n) is 5.13. The van der Waals surface area contributed by atoms with Crippen molar-refractivity contribution in [3.05, 3.63) is 29.7 Å². The molecule has 0 unspecified atom stereocenters. The van der Waals surface area contributed by atoms with Gasteiger partial charge in [-0.05, 0) is 31.1 Å². The summed E-state index contributed by atoms with van der Waals surface area (Å²) in [6.07, 6.45) is 1.69. The van der Waals surface area contributed by atoms with E-state index in [0.29, 0.717) is 11.3 Å². The highest BCUT2D eigenvalue weighted by Crippen LogP contribution is 2.33. The zero-order valence-corrected chi connectivity index (χ0v) is 12.3. The molecule has 0 saturated heterocycles. The van der Waals surface area contributed by atoms with Gasteiger partial charge in [0, 0.05) is 24.5 Å². The number of aromatic amines is 1. The van der Waals surface area contributed by atoms with Crippen LogP contribution in [0, 0.1) is 13.8 Å². The molecule has 110 valence electrons. The largest absolute Gasteiger partial charge is 0.276 e. The summed E-state index contributed by atoms with van der Waals surface area (Å²) in [5.41, 5.74) is 5.57. The Hall–Kier alpha value is -3.03. The second kappa shape index (κ2) is 4.48. The molecule has 0 aliphatic carbocycles. The van der Waals surface area contributed by atoms with E-state index in [1.807, 2.05) is 33.0 Å². The summed E-state index contributed by atoms with van der Waals surface area (Å²) in [5.74, 6) is 0. The van der Waals surface area contributed by atoms with Gasteiger partial charge in [-0.3, -0.25) is 9.78 Å². The number of aromatic nitrogens is 7. The lowest BCUT2D eigenvalue weighted by molar-refractivity contribution is 0.306. The number of nitrogens with one attached hydrogen (secondary N) is 1. The number of hydrogen-bond donors (Lipinski definition) is 1. The number of rotatable bonds is 2. The molecule has 0 aromatic carbocycles. The van der Waals surface area contributed by atoms with Crippen LogP contribution in [0.25, 0.3) is 33.7 Å². The SMILES string of the molecule is Cc1nonc1-c1cc(-c2ccn[nH]2)nc2nn(C)c(C)c12. The third kappa shape index (κ3) is 1.73. The Bertz CT molecular complexity index is 965. The Kier molecular flexibility index (Phi) is 2.59. The fourth-order valence-corrected chi connectivity index (χ4v) is 2.54. The van der Waals surface area contributed by atoms with Crippen molar-refractivity contribution in [2.75, 3.05) is 0 Å². The van der Waals surface area contributed by atoms with Crippen LogP contribution in [-0.2, 0) is 7.05 Å². The smallest absolute Gasteiger partial charge is 0.182 e. The fraction of sp³-hybridized carbons (Fsp3) is 0.214. The Morgan fingerprint density at radius 1 is 1.23 bits per heavy atom. The highest BCUT2D eigenvalue weighted by atomic mass is 16.6. The van der Waals surface area contributed by atoms with Crippen LogP contribution in [0.15, 0.2) is 23.0 Å². The molecule has 4 aromatic heterocycles. The van der Waals surface area contributed by atoms with E-state index in [1.54, 1.807) is 10.9 Å². The molecule has 8 heteroatoms. The minimum Gasteiger partial charge on any atom is -0.276 e. The molecule has 0 bridgehead atoms. The summed E-state index contributed by atoms with van der Waals surface area (Å²) in [6.45, 7) is 3.86. The standard InChI is InChI=1S/C14H13N7O/c1-7-13(20-22-19-7)9-6-11(10-4-5-15-17-10)16-14-12(9)8(2)21(3)18-14/h4-6H,1-3H3,(H,15,17). The highest BCUT2D eigenvalue weighted by Gasteiger charge is 2.19. The number of pyridine rings is 1. The second-order valence-corrected chi connectivity index (χ2v) is 5.13. The fourth-order valence-electron chi connectivity index (χ4n) is 2.54. The van der Waals surface area contributed by atoms with E-state index in [1.165, 1.54) is 0 Å². The van der Waals surface area contributed by atoms with E-state index in [0.717, 1.165) is 33.7 Å². The molecule has 4 rings (SSSR count). The van der Waals surface area contributed by atoms with Gasteiger partial charge in [0.15, 0.2) is 5.65 Å². The minimum atomic E-state index is 0.657. The lowest BCUT2D eigenvalue weighted by Gasteiger charge is -2.04. The third-order valence-electron chi connectivity index (χ3n) is 3.78. The van der Waals surface area contributed by atoms with Gasteiger partial charge < -0.3 is 0 Å². The van der Waals surface area contributed by atoms with Crippen LogP contribution in [0.5, 0.6) is 0 Å². The van der Waals surface area contributed by atoms with Crippen molar-refractivity contribution < 1.29 is 4.63 Å². The van der Waals surface area contributed by atoms with Gasteiger partial charge in [-0.15, -0.1) is 0 Å². The summed E-state index contributed by atoms with van der Waals surface area (Å²) in [6, 6.07) is 3.82. The van der Waals surface area contributed by atoms with Crippen molar-refractivity contribution in [1.29, 1.82) is 0 Å². The molecular weight excluding hydrogens is 282 g/mol. The van der Waals surface area contributed by atoms with E-state index in [9.17, 15) is 0 Å². The lowest BCUT2D eigenvalue weighted by atomic mass is 10.0. The van der Waals surface area contributed by atoms with Gasteiger partial charge in [-0.1, -0.05) is 5.16 Å². The van der Waals surface area contributed by atoms with E-state index in [4.69, 9.17) is 4.63 Å². The lowest BCUT2D eigenvalue weighted by Crippen LogP contribution is -1.92. The molecule has 0 spiro atoms. The first-order valence-corrected chi connectivity index (χ1v) is 6.79. The zero-order chi connectivity index (χ0) is 15.3. The van der Waals surface area contributed by atoms with E-state index in [2.05, 4.69) is 30.6 Å². The number of nitrogens with zero attached hydrogens (tertiary/aromatic N) is 6. The van der Waals surface area contributed by atoms with Gasteiger partial charge in [-0.25, -0.2) is 9.61 Å².